The second-order valence-electron chi connectivity index (χ2n) is 8.47. The zero-order valence-corrected chi connectivity index (χ0v) is 19.4. The second-order valence-corrected chi connectivity index (χ2v) is 8.47. The van der Waals surface area contributed by atoms with Gasteiger partial charge in [0.25, 0.3) is 0 Å². The van der Waals surface area contributed by atoms with Crippen LogP contribution in [0.2, 0.25) is 0 Å². The van der Waals surface area contributed by atoms with Crippen molar-refractivity contribution in [1.29, 1.82) is 0 Å². The summed E-state index contributed by atoms with van der Waals surface area (Å²) in [4.78, 5) is 15.3. The number of nitrogens with one attached hydrogen (secondary N) is 1. The molecule has 0 aliphatic carbocycles. The molecule has 2 amide bonds. The van der Waals surface area contributed by atoms with Crippen molar-refractivity contribution >= 4 is 6.03 Å². The Morgan fingerprint density at radius 2 is 1.91 bits per heavy atom. The first-order valence-electron chi connectivity index (χ1n) is 11.8. The van der Waals surface area contributed by atoms with Gasteiger partial charge in [-0.05, 0) is 54.8 Å². The molecule has 4 aromatic rings. The number of carbonyl (C=O) groups excluding carboxylic acids is 1. The third kappa shape index (κ3) is 3.77. The molecule has 7 heteroatoms. The summed E-state index contributed by atoms with van der Waals surface area (Å²) in [6.07, 6.45) is 3.56. The van der Waals surface area contributed by atoms with Gasteiger partial charge in [0.15, 0.2) is 0 Å². The van der Waals surface area contributed by atoms with Gasteiger partial charge in [0.2, 0.25) is 0 Å². The molecule has 2 aromatic carbocycles. The highest BCUT2D eigenvalue weighted by Gasteiger charge is 2.36. The van der Waals surface area contributed by atoms with Crippen LogP contribution in [0.1, 0.15) is 48.8 Å². The maximum atomic E-state index is 14.3. The van der Waals surface area contributed by atoms with Gasteiger partial charge in [0.05, 0.1) is 29.7 Å². The lowest BCUT2D eigenvalue weighted by Gasteiger charge is -2.31. The lowest BCUT2D eigenvalue weighted by atomic mass is 10.0. The summed E-state index contributed by atoms with van der Waals surface area (Å²) in [6, 6.07) is 19.9. The van der Waals surface area contributed by atoms with E-state index in [-0.39, 0.29) is 11.8 Å². The fraction of sp³-hybridized carbons (Fsp3) is 0.259. The van der Waals surface area contributed by atoms with Crippen molar-refractivity contribution in [3.63, 3.8) is 0 Å². The van der Waals surface area contributed by atoms with Crippen LogP contribution in [0.25, 0.3) is 11.5 Å². The van der Waals surface area contributed by atoms with Crippen LogP contribution in [-0.4, -0.2) is 31.8 Å². The van der Waals surface area contributed by atoms with Gasteiger partial charge in [-0.15, -0.1) is 0 Å². The van der Waals surface area contributed by atoms with Crippen molar-refractivity contribution in [3.8, 4) is 11.5 Å². The first-order chi connectivity index (χ1) is 16.6. The van der Waals surface area contributed by atoms with E-state index in [1.165, 1.54) is 12.1 Å². The predicted molar refractivity (Wildman–Crippen MR) is 130 cm³/mol. The molecule has 1 unspecified atom stereocenters. The van der Waals surface area contributed by atoms with Gasteiger partial charge in [-0.1, -0.05) is 44.2 Å². The molecule has 5 rings (SSSR count). The molecule has 1 aliphatic rings. The van der Waals surface area contributed by atoms with Crippen LogP contribution in [0.3, 0.4) is 0 Å². The van der Waals surface area contributed by atoms with Crippen LogP contribution in [-0.2, 0) is 13.0 Å². The number of aromatic nitrogens is 3. The summed E-state index contributed by atoms with van der Waals surface area (Å²) >= 11 is 0. The van der Waals surface area contributed by atoms with Gasteiger partial charge in [-0.2, -0.15) is 5.10 Å². The zero-order chi connectivity index (χ0) is 23.7. The SMILES string of the molecule is CCCNC(=O)N1Cc2c(CC)nn(-c3ccccc3)c2-n2cccc2C1c1cccc(F)c1. The molecule has 0 saturated carbocycles. The average molecular weight is 458 g/mol. The van der Waals surface area contributed by atoms with E-state index in [0.29, 0.717) is 13.1 Å². The first kappa shape index (κ1) is 21.9. The number of carbonyl (C=O) groups is 1. The Bertz CT molecular complexity index is 1310. The smallest absolute Gasteiger partial charge is 0.318 e. The first-order valence-corrected chi connectivity index (χ1v) is 11.8. The van der Waals surface area contributed by atoms with E-state index in [4.69, 9.17) is 5.10 Å². The minimum Gasteiger partial charge on any atom is -0.338 e. The third-order valence-corrected chi connectivity index (χ3v) is 6.26. The average Bonchev–Trinajstić information content (AvgIpc) is 3.44. The third-order valence-electron chi connectivity index (χ3n) is 6.26. The fourth-order valence-electron chi connectivity index (χ4n) is 4.71. The van der Waals surface area contributed by atoms with Crippen molar-refractivity contribution in [2.45, 2.75) is 39.3 Å². The summed E-state index contributed by atoms with van der Waals surface area (Å²) in [7, 11) is 0. The lowest BCUT2D eigenvalue weighted by Crippen LogP contribution is -2.42. The molecular weight excluding hydrogens is 429 g/mol. The van der Waals surface area contributed by atoms with Gasteiger partial charge in [0.1, 0.15) is 11.6 Å². The summed E-state index contributed by atoms with van der Waals surface area (Å²) in [5.41, 5.74) is 4.50. The molecule has 1 aliphatic heterocycles. The summed E-state index contributed by atoms with van der Waals surface area (Å²) in [6.45, 7) is 5.03. The van der Waals surface area contributed by atoms with Crippen molar-refractivity contribution in [1.82, 2.24) is 24.6 Å². The maximum absolute atomic E-state index is 14.3. The number of rotatable bonds is 5. The quantitative estimate of drug-likeness (QED) is 0.437. The molecule has 174 valence electrons. The highest BCUT2D eigenvalue weighted by molar-refractivity contribution is 5.76. The minimum absolute atomic E-state index is 0.175. The van der Waals surface area contributed by atoms with E-state index in [2.05, 4.69) is 16.8 Å². The number of urea groups is 1. The molecule has 0 bridgehead atoms. The number of fused-ring (bicyclic) bond motifs is 3. The van der Waals surface area contributed by atoms with E-state index in [9.17, 15) is 9.18 Å². The normalized spacial score (nSPS) is 14.9. The predicted octanol–water partition coefficient (Wildman–Crippen LogP) is 5.39. The number of benzene rings is 2. The van der Waals surface area contributed by atoms with Gasteiger partial charge < -0.3 is 14.8 Å². The Kier molecular flexibility index (Phi) is 5.92. The van der Waals surface area contributed by atoms with Crippen LogP contribution >= 0.6 is 0 Å². The van der Waals surface area contributed by atoms with Crippen LogP contribution in [0.15, 0.2) is 72.9 Å². The molecule has 0 spiro atoms. The Balaban J connectivity index is 1.75. The Morgan fingerprint density at radius 3 is 2.65 bits per heavy atom. The van der Waals surface area contributed by atoms with Crippen molar-refractivity contribution in [2.24, 2.45) is 0 Å². The van der Waals surface area contributed by atoms with E-state index < -0.39 is 6.04 Å². The largest absolute Gasteiger partial charge is 0.338 e. The van der Waals surface area contributed by atoms with Crippen molar-refractivity contribution in [2.75, 3.05) is 6.54 Å². The van der Waals surface area contributed by atoms with E-state index in [0.717, 1.165) is 46.9 Å². The number of para-hydroxylation sites is 1. The molecule has 34 heavy (non-hydrogen) atoms. The standard InChI is InChI=1S/C27H28FN5O/c1-3-15-29-27(34)32-18-22-23(4-2)30-33(21-12-6-5-7-13-21)26(22)31-16-9-14-24(31)25(32)19-10-8-11-20(28)17-19/h5-14,16-17,25H,3-4,15,18H2,1-2H3,(H,29,34). The Labute approximate surface area is 198 Å². The molecule has 1 atom stereocenters. The second kappa shape index (κ2) is 9.17. The van der Waals surface area contributed by atoms with Gasteiger partial charge in [-0.3, -0.25) is 0 Å². The van der Waals surface area contributed by atoms with Crippen LogP contribution in [0.4, 0.5) is 9.18 Å². The number of halogens is 1. The number of hydrogen-bond acceptors (Lipinski definition) is 2. The van der Waals surface area contributed by atoms with E-state index >= 15 is 0 Å². The van der Waals surface area contributed by atoms with Crippen LogP contribution in [0, 0.1) is 5.82 Å². The molecular formula is C27H28FN5O. The van der Waals surface area contributed by atoms with Gasteiger partial charge >= 0.3 is 6.03 Å². The summed E-state index contributed by atoms with van der Waals surface area (Å²) < 4.78 is 18.4. The molecule has 0 saturated heterocycles. The summed E-state index contributed by atoms with van der Waals surface area (Å²) in [5, 5.41) is 7.98. The topological polar surface area (TPSA) is 55.1 Å². The summed E-state index contributed by atoms with van der Waals surface area (Å²) in [5.74, 6) is 0.589. The lowest BCUT2D eigenvalue weighted by molar-refractivity contribution is 0.180. The van der Waals surface area contributed by atoms with Crippen LogP contribution in [0.5, 0.6) is 0 Å². The van der Waals surface area contributed by atoms with Crippen molar-refractivity contribution in [3.05, 3.63) is 101 Å². The molecule has 2 aromatic heterocycles. The van der Waals surface area contributed by atoms with Crippen LogP contribution < -0.4 is 5.32 Å². The van der Waals surface area contributed by atoms with Gasteiger partial charge in [0, 0.05) is 18.3 Å². The maximum Gasteiger partial charge on any atom is 0.318 e. The minimum atomic E-state index is -0.455. The van der Waals surface area contributed by atoms with E-state index in [1.54, 1.807) is 11.0 Å². The molecule has 3 heterocycles. The van der Waals surface area contributed by atoms with Gasteiger partial charge in [-0.25, -0.2) is 13.9 Å². The van der Waals surface area contributed by atoms with E-state index in [1.807, 2.05) is 66.3 Å². The molecule has 0 fully saturated rings. The number of hydrogen-bond donors (Lipinski definition) is 1. The van der Waals surface area contributed by atoms with Crippen molar-refractivity contribution < 1.29 is 9.18 Å². The molecule has 0 radical (unpaired) electrons. The molecule has 6 nitrogen and oxygen atoms in total. The Morgan fingerprint density at radius 1 is 1.09 bits per heavy atom. The number of aryl methyl sites for hydroxylation is 1. The monoisotopic (exact) mass is 457 g/mol. The molecule has 1 N–H and O–H groups in total. The highest BCUT2D eigenvalue weighted by Crippen LogP contribution is 2.38. The zero-order valence-electron chi connectivity index (χ0n) is 19.4. The fourth-order valence-corrected chi connectivity index (χ4v) is 4.71. The Hall–Kier alpha value is -3.87. The number of amides is 2. The highest BCUT2D eigenvalue weighted by atomic mass is 19.1. The number of nitrogens with zero attached hydrogens (tertiary/aromatic N) is 4.